The van der Waals surface area contributed by atoms with E-state index >= 15 is 0 Å². The Bertz CT molecular complexity index is 446. The molecule has 0 saturated heterocycles. The van der Waals surface area contributed by atoms with Crippen molar-refractivity contribution in [3.63, 3.8) is 0 Å². The number of ether oxygens (including phenoxy) is 1. The highest BCUT2D eigenvalue weighted by atomic mass is 16.5. The second-order valence-electron chi connectivity index (χ2n) is 7.06. The number of hydrogen-bond acceptors (Lipinski definition) is 2. The summed E-state index contributed by atoms with van der Waals surface area (Å²) in [6.45, 7) is 7.16. The highest BCUT2D eigenvalue weighted by Crippen LogP contribution is 2.70. The molecule has 5 atom stereocenters. The van der Waals surface area contributed by atoms with Gasteiger partial charge in [-0.1, -0.05) is 20.8 Å². The number of carbonyl (C=O) groups is 1. The summed E-state index contributed by atoms with van der Waals surface area (Å²) in [6, 6.07) is 0. The fourth-order valence-electron chi connectivity index (χ4n) is 5.10. The Labute approximate surface area is 102 Å². The van der Waals surface area contributed by atoms with Crippen molar-refractivity contribution in [2.75, 3.05) is 0 Å². The molecule has 0 aromatic carbocycles. The van der Waals surface area contributed by atoms with Crippen molar-refractivity contribution in [2.45, 2.75) is 46.1 Å². The third-order valence-electron chi connectivity index (χ3n) is 5.98. The quantitative estimate of drug-likeness (QED) is 0.600. The molecule has 0 spiro atoms. The molecular weight excluding hydrogens is 212 g/mol. The van der Waals surface area contributed by atoms with Gasteiger partial charge >= 0.3 is 5.97 Å². The molecule has 0 amide bonds. The third-order valence-corrected chi connectivity index (χ3v) is 5.98. The number of rotatable bonds is 0. The topological polar surface area (TPSA) is 26.3 Å². The minimum atomic E-state index is 0.000932. The van der Waals surface area contributed by atoms with Crippen LogP contribution in [-0.4, -0.2) is 12.1 Å². The van der Waals surface area contributed by atoms with Gasteiger partial charge in [0.1, 0.15) is 6.10 Å². The Balaban J connectivity index is 1.83. The van der Waals surface area contributed by atoms with Crippen molar-refractivity contribution >= 4 is 5.97 Å². The van der Waals surface area contributed by atoms with Gasteiger partial charge in [0.25, 0.3) is 0 Å². The molecule has 92 valence electrons. The lowest BCUT2D eigenvalue weighted by Crippen LogP contribution is -2.13. The summed E-state index contributed by atoms with van der Waals surface area (Å²) < 4.78 is 5.55. The predicted molar refractivity (Wildman–Crippen MR) is 64.2 cm³/mol. The molecule has 2 fully saturated rings. The highest BCUT2D eigenvalue weighted by molar-refractivity contribution is 5.93. The molecule has 4 rings (SSSR count). The van der Waals surface area contributed by atoms with Crippen LogP contribution in [0.4, 0.5) is 0 Å². The first kappa shape index (κ1) is 10.2. The standard InChI is InChI=1S/C15H20O2/c1-7-6-10-12-8(14(16)17-10)4-5-9-13(11(7)12)15(9,2)3/h7,9-11,13H,4-6H2,1-3H3/t7-,9-,10+,11-,13-/m1/s1. The molecule has 0 aromatic heterocycles. The minimum Gasteiger partial charge on any atom is -0.454 e. The van der Waals surface area contributed by atoms with Crippen LogP contribution in [0.2, 0.25) is 0 Å². The smallest absolute Gasteiger partial charge is 0.334 e. The number of hydrogen-bond donors (Lipinski definition) is 0. The molecule has 2 nitrogen and oxygen atoms in total. The Morgan fingerprint density at radius 1 is 1.35 bits per heavy atom. The van der Waals surface area contributed by atoms with Gasteiger partial charge in [-0.15, -0.1) is 0 Å². The van der Waals surface area contributed by atoms with Gasteiger partial charge in [-0.3, -0.25) is 0 Å². The summed E-state index contributed by atoms with van der Waals surface area (Å²) in [5, 5.41) is 0. The maximum absolute atomic E-state index is 11.9. The monoisotopic (exact) mass is 232 g/mol. The van der Waals surface area contributed by atoms with E-state index in [4.69, 9.17) is 4.74 Å². The molecule has 1 heterocycles. The maximum Gasteiger partial charge on any atom is 0.334 e. The molecule has 0 N–H and O–H groups in total. The van der Waals surface area contributed by atoms with Crippen molar-refractivity contribution in [1.29, 1.82) is 0 Å². The van der Waals surface area contributed by atoms with Gasteiger partial charge in [0.2, 0.25) is 0 Å². The van der Waals surface area contributed by atoms with Crippen molar-refractivity contribution in [1.82, 2.24) is 0 Å². The van der Waals surface area contributed by atoms with Gasteiger partial charge in [-0.2, -0.15) is 0 Å². The van der Waals surface area contributed by atoms with E-state index in [0.29, 0.717) is 17.3 Å². The van der Waals surface area contributed by atoms with Gasteiger partial charge in [0.15, 0.2) is 0 Å². The molecule has 0 aromatic rings. The van der Waals surface area contributed by atoms with Crippen LogP contribution in [0.3, 0.4) is 0 Å². The Morgan fingerprint density at radius 2 is 2.12 bits per heavy atom. The van der Waals surface area contributed by atoms with E-state index < -0.39 is 0 Å². The number of esters is 1. The van der Waals surface area contributed by atoms with Gasteiger partial charge in [0.05, 0.1) is 0 Å². The zero-order chi connectivity index (χ0) is 11.9. The van der Waals surface area contributed by atoms with Crippen molar-refractivity contribution in [2.24, 2.45) is 29.1 Å². The first-order valence-corrected chi connectivity index (χ1v) is 6.95. The number of fused-ring (bicyclic) bond motifs is 2. The van der Waals surface area contributed by atoms with Crippen molar-refractivity contribution < 1.29 is 9.53 Å². The average Bonchev–Trinajstić information content (AvgIpc) is 2.56. The van der Waals surface area contributed by atoms with Gasteiger partial charge in [-0.05, 0) is 53.9 Å². The molecule has 2 heteroatoms. The molecule has 3 aliphatic carbocycles. The fourth-order valence-corrected chi connectivity index (χ4v) is 5.10. The Morgan fingerprint density at radius 3 is 2.88 bits per heavy atom. The first-order valence-electron chi connectivity index (χ1n) is 6.95. The van der Waals surface area contributed by atoms with E-state index in [1.807, 2.05) is 0 Å². The van der Waals surface area contributed by atoms with Crippen LogP contribution in [0.5, 0.6) is 0 Å². The summed E-state index contributed by atoms with van der Waals surface area (Å²) in [4.78, 5) is 11.9. The van der Waals surface area contributed by atoms with Crippen LogP contribution in [0, 0.1) is 29.1 Å². The van der Waals surface area contributed by atoms with Gasteiger partial charge in [0, 0.05) is 5.57 Å². The summed E-state index contributed by atoms with van der Waals surface area (Å²) in [7, 11) is 0. The SMILES string of the molecule is C[C@@H]1C[C@@H]2OC(=O)C3=C2[C@@H]1[C@H]1[C@@H](CC3)C1(C)C. The molecular formula is C15H20O2. The lowest BCUT2D eigenvalue weighted by Gasteiger charge is -2.18. The summed E-state index contributed by atoms with van der Waals surface area (Å²) in [6.07, 6.45) is 3.38. The van der Waals surface area contributed by atoms with Crippen molar-refractivity contribution in [3.05, 3.63) is 11.1 Å². The molecule has 0 bridgehead atoms. The first-order chi connectivity index (χ1) is 8.01. The van der Waals surface area contributed by atoms with E-state index in [-0.39, 0.29) is 12.1 Å². The second kappa shape index (κ2) is 2.78. The van der Waals surface area contributed by atoms with Crippen molar-refractivity contribution in [3.8, 4) is 0 Å². The maximum atomic E-state index is 11.9. The van der Waals surface area contributed by atoms with Crippen LogP contribution in [-0.2, 0) is 9.53 Å². The molecule has 4 aliphatic rings. The van der Waals surface area contributed by atoms with E-state index in [1.165, 1.54) is 12.0 Å². The third kappa shape index (κ3) is 1.05. The second-order valence-corrected chi connectivity index (χ2v) is 7.06. The normalized spacial score (nSPS) is 49.6. The highest BCUT2D eigenvalue weighted by Gasteiger charge is 2.66. The lowest BCUT2D eigenvalue weighted by atomic mass is 9.84. The molecule has 1 aliphatic heterocycles. The van der Waals surface area contributed by atoms with Crippen LogP contribution < -0.4 is 0 Å². The zero-order valence-electron chi connectivity index (χ0n) is 10.8. The van der Waals surface area contributed by atoms with Crippen LogP contribution in [0.15, 0.2) is 11.1 Å². The number of carbonyl (C=O) groups excluding carboxylic acids is 1. The van der Waals surface area contributed by atoms with Crippen LogP contribution in [0.1, 0.15) is 40.0 Å². The van der Waals surface area contributed by atoms with Gasteiger partial charge in [-0.25, -0.2) is 4.79 Å². The summed E-state index contributed by atoms with van der Waals surface area (Å²) in [5.41, 5.74) is 2.98. The average molecular weight is 232 g/mol. The molecule has 17 heavy (non-hydrogen) atoms. The predicted octanol–water partition coefficient (Wildman–Crippen LogP) is 2.93. The van der Waals surface area contributed by atoms with Crippen LogP contribution >= 0.6 is 0 Å². The van der Waals surface area contributed by atoms with E-state index in [0.717, 1.165) is 30.3 Å². The largest absolute Gasteiger partial charge is 0.454 e. The molecule has 0 unspecified atom stereocenters. The zero-order valence-corrected chi connectivity index (χ0v) is 10.8. The summed E-state index contributed by atoms with van der Waals surface area (Å²) >= 11 is 0. The van der Waals surface area contributed by atoms with E-state index in [9.17, 15) is 4.79 Å². The Kier molecular flexibility index (Phi) is 1.66. The van der Waals surface area contributed by atoms with Crippen LogP contribution in [0.25, 0.3) is 0 Å². The summed E-state index contributed by atoms with van der Waals surface area (Å²) in [5.74, 6) is 2.99. The Hall–Kier alpha value is -0.790. The fraction of sp³-hybridized carbons (Fsp3) is 0.800. The minimum absolute atomic E-state index is 0.000932. The van der Waals surface area contributed by atoms with Gasteiger partial charge < -0.3 is 4.74 Å². The lowest BCUT2D eigenvalue weighted by molar-refractivity contribution is -0.140. The molecule has 2 saturated carbocycles. The van der Waals surface area contributed by atoms with E-state index in [2.05, 4.69) is 20.8 Å². The molecule has 0 radical (unpaired) electrons. The van der Waals surface area contributed by atoms with E-state index in [1.54, 1.807) is 0 Å².